The van der Waals surface area contributed by atoms with Gasteiger partial charge in [-0.15, -0.1) is 0 Å². The Morgan fingerprint density at radius 1 is 1.20 bits per heavy atom. The van der Waals surface area contributed by atoms with Gasteiger partial charge in [-0.1, -0.05) is 6.07 Å². The van der Waals surface area contributed by atoms with Crippen LogP contribution >= 0.6 is 0 Å². The highest BCUT2D eigenvalue weighted by molar-refractivity contribution is 5.86. The predicted octanol–water partition coefficient (Wildman–Crippen LogP) is 2.89. The van der Waals surface area contributed by atoms with Gasteiger partial charge in [-0.05, 0) is 43.7 Å². The molecule has 3 rings (SSSR count). The number of benzene rings is 1. The summed E-state index contributed by atoms with van der Waals surface area (Å²) < 4.78 is 39.8. The van der Waals surface area contributed by atoms with Gasteiger partial charge >= 0.3 is 0 Å². The minimum atomic E-state index is -1.58. The summed E-state index contributed by atoms with van der Waals surface area (Å²) in [6.45, 7) is 4.02. The van der Waals surface area contributed by atoms with E-state index < -0.39 is 23.6 Å². The first-order valence-electron chi connectivity index (χ1n) is 7.65. The van der Waals surface area contributed by atoms with Gasteiger partial charge in [0, 0.05) is 12.0 Å². The van der Waals surface area contributed by atoms with Crippen LogP contribution in [0.15, 0.2) is 35.3 Å². The zero-order valence-corrected chi connectivity index (χ0v) is 13.6. The number of aromatic nitrogens is 1. The van der Waals surface area contributed by atoms with Crippen molar-refractivity contribution in [3.05, 3.63) is 59.0 Å². The number of halogens is 3. The summed E-state index contributed by atoms with van der Waals surface area (Å²) in [7, 11) is 0. The van der Waals surface area contributed by atoms with Crippen molar-refractivity contribution in [1.82, 2.24) is 15.8 Å². The molecule has 1 aromatic carbocycles. The van der Waals surface area contributed by atoms with Gasteiger partial charge in [-0.25, -0.2) is 28.6 Å². The SMILES string of the molecule is CC1(C)CC(=Nc2cccc(C(O)c3cc(F)c(F)c(F)c3)n2)NN1. The average molecular weight is 350 g/mol. The smallest absolute Gasteiger partial charge is 0.194 e. The van der Waals surface area contributed by atoms with Crippen LogP contribution in [0.25, 0.3) is 0 Å². The lowest BCUT2D eigenvalue weighted by Gasteiger charge is -2.13. The van der Waals surface area contributed by atoms with Crippen molar-refractivity contribution < 1.29 is 18.3 Å². The van der Waals surface area contributed by atoms with Crippen molar-refractivity contribution in [3.8, 4) is 0 Å². The third kappa shape index (κ3) is 3.80. The summed E-state index contributed by atoms with van der Waals surface area (Å²) in [5.41, 5.74) is 5.91. The Hall–Kier alpha value is -2.45. The molecule has 8 heteroatoms. The average Bonchev–Trinajstić information content (AvgIpc) is 2.90. The number of nitrogens with one attached hydrogen (secondary N) is 2. The molecule has 0 radical (unpaired) electrons. The highest BCUT2D eigenvalue weighted by Gasteiger charge is 2.27. The Morgan fingerprint density at radius 2 is 1.88 bits per heavy atom. The maximum absolute atomic E-state index is 13.4. The number of aliphatic hydroxyl groups is 1. The molecule has 1 atom stereocenters. The minimum Gasteiger partial charge on any atom is -0.382 e. The third-order valence-corrected chi connectivity index (χ3v) is 3.76. The first-order chi connectivity index (χ1) is 11.7. The molecular weight excluding hydrogens is 333 g/mol. The summed E-state index contributed by atoms with van der Waals surface area (Å²) in [6, 6.07) is 6.25. The molecule has 0 aliphatic carbocycles. The van der Waals surface area contributed by atoms with Crippen LogP contribution in [-0.4, -0.2) is 21.5 Å². The van der Waals surface area contributed by atoms with Crippen LogP contribution in [0.4, 0.5) is 19.0 Å². The monoisotopic (exact) mass is 350 g/mol. The summed E-state index contributed by atoms with van der Waals surface area (Å²) in [6.07, 6.45) is -0.744. The second-order valence-electron chi connectivity index (χ2n) is 6.49. The van der Waals surface area contributed by atoms with E-state index in [0.717, 1.165) is 12.1 Å². The Balaban J connectivity index is 1.88. The third-order valence-electron chi connectivity index (χ3n) is 3.76. The number of amidine groups is 1. The first kappa shape index (κ1) is 17.4. The van der Waals surface area contributed by atoms with E-state index in [4.69, 9.17) is 0 Å². The van der Waals surface area contributed by atoms with E-state index in [0.29, 0.717) is 18.1 Å². The lowest BCUT2D eigenvalue weighted by atomic mass is 10.0. The Kier molecular flexibility index (Phi) is 4.49. The second-order valence-corrected chi connectivity index (χ2v) is 6.49. The Morgan fingerprint density at radius 3 is 2.48 bits per heavy atom. The van der Waals surface area contributed by atoms with Crippen LogP contribution in [0.3, 0.4) is 0 Å². The molecule has 3 N–H and O–H groups in total. The number of hydrogen-bond acceptors (Lipinski definition) is 4. The quantitative estimate of drug-likeness (QED) is 0.745. The molecule has 1 fully saturated rings. The topological polar surface area (TPSA) is 69.5 Å². The number of rotatable bonds is 3. The Labute approximate surface area is 142 Å². The first-order valence-corrected chi connectivity index (χ1v) is 7.65. The number of aliphatic hydroxyl groups excluding tert-OH is 1. The van der Waals surface area contributed by atoms with Crippen LogP contribution in [-0.2, 0) is 0 Å². The van der Waals surface area contributed by atoms with E-state index in [1.54, 1.807) is 12.1 Å². The van der Waals surface area contributed by atoms with E-state index in [-0.39, 0.29) is 16.8 Å². The van der Waals surface area contributed by atoms with E-state index in [1.807, 2.05) is 13.8 Å². The predicted molar refractivity (Wildman–Crippen MR) is 86.7 cm³/mol. The van der Waals surface area contributed by atoms with E-state index in [9.17, 15) is 18.3 Å². The number of hydrogen-bond donors (Lipinski definition) is 3. The van der Waals surface area contributed by atoms with Crippen LogP contribution in [0, 0.1) is 17.5 Å². The fraction of sp³-hybridized carbons (Fsp3) is 0.294. The number of aliphatic imine (C=N–C) groups is 1. The van der Waals surface area contributed by atoms with E-state index in [1.165, 1.54) is 6.07 Å². The zero-order chi connectivity index (χ0) is 18.2. The second kappa shape index (κ2) is 6.45. The molecular formula is C17H17F3N4O. The summed E-state index contributed by atoms with van der Waals surface area (Å²) in [5.74, 6) is -3.29. The molecule has 2 aromatic rings. The van der Waals surface area contributed by atoms with Gasteiger partial charge in [-0.2, -0.15) is 0 Å². The van der Waals surface area contributed by atoms with Crippen molar-refractivity contribution in [2.24, 2.45) is 4.99 Å². The van der Waals surface area contributed by atoms with Gasteiger partial charge in [0.1, 0.15) is 11.9 Å². The largest absolute Gasteiger partial charge is 0.382 e. The molecule has 1 aromatic heterocycles. The van der Waals surface area contributed by atoms with E-state index >= 15 is 0 Å². The van der Waals surface area contributed by atoms with Crippen LogP contribution in [0.1, 0.15) is 37.6 Å². The van der Waals surface area contributed by atoms with Gasteiger partial charge in [0.25, 0.3) is 0 Å². The molecule has 1 aliphatic heterocycles. The van der Waals surface area contributed by atoms with Crippen molar-refractivity contribution in [3.63, 3.8) is 0 Å². The molecule has 1 unspecified atom stereocenters. The summed E-state index contributed by atoms with van der Waals surface area (Å²) >= 11 is 0. The molecule has 5 nitrogen and oxygen atoms in total. The molecule has 1 aliphatic rings. The molecule has 0 spiro atoms. The zero-order valence-electron chi connectivity index (χ0n) is 13.6. The normalized spacial score (nSPS) is 19.0. The van der Waals surface area contributed by atoms with Crippen molar-refractivity contribution >= 4 is 11.7 Å². The van der Waals surface area contributed by atoms with Crippen molar-refractivity contribution in [1.29, 1.82) is 0 Å². The summed E-state index contributed by atoms with van der Waals surface area (Å²) in [5, 5.41) is 10.3. The van der Waals surface area contributed by atoms with Crippen molar-refractivity contribution in [2.45, 2.75) is 31.9 Å². The summed E-state index contributed by atoms with van der Waals surface area (Å²) in [4.78, 5) is 8.55. The molecule has 0 amide bonds. The standard InChI is InChI=1S/C17H17F3N4O/c1-17(2)8-14(23-24-17)22-13-5-3-4-12(21-13)16(25)9-6-10(18)15(20)11(19)7-9/h3-7,16,24-25H,8H2,1-2H3,(H,21,22,23). The van der Waals surface area contributed by atoms with Gasteiger partial charge in [0.2, 0.25) is 0 Å². The van der Waals surface area contributed by atoms with Crippen LogP contribution in [0.2, 0.25) is 0 Å². The molecule has 25 heavy (non-hydrogen) atoms. The number of hydrazine groups is 1. The maximum Gasteiger partial charge on any atom is 0.194 e. The van der Waals surface area contributed by atoms with Crippen LogP contribution in [0.5, 0.6) is 0 Å². The highest BCUT2D eigenvalue weighted by Crippen LogP contribution is 2.25. The minimum absolute atomic E-state index is 0.129. The number of pyridine rings is 1. The van der Waals surface area contributed by atoms with Gasteiger partial charge in [0.15, 0.2) is 23.3 Å². The van der Waals surface area contributed by atoms with Gasteiger partial charge < -0.3 is 10.5 Å². The molecule has 1 saturated heterocycles. The maximum atomic E-state index is 13.4. The molecule has 0 bridgehead atoms. The van der Waals surface area contributed by atoms with E-state index in [2.05, 4.69) is 20.8 Å². The fourth-order valence-corrected chi connectivity index (χ4v) is 2.51. The Bertz CT molecular complexity index is 815. The van der Waals surface area contributed by atoms with Crippen molar-refractivity contribution in [2.75, 3.05) is 0 Å². The molecule has 2 heterocycles. The van der Waals surface area contributed by atoms with Crippen LogP contribution < -0.4 is 10.9 Å². The van der Waals surface area contributed by atoms with Gasteiger partial charge in [-0.3, -0.25) is 0 Å². The highest BCUT2D eigenvalue weighted by atomic mass is 19.2. The lowest BCUT2D eigenvalue weighted by molar-refractivity contribution is 0.214. The fourth-order valence-electron chi connectivity index (χ4n) is 2.51. The lowest BCUT2D eigenvalue weighted by Crippen LogP contribution is -2.38. The van der Waals surface area contributed by atoms with Gasteiger partial charge in [0.05, 0.1) is 5.69 Å². The molecule has 132 valence electrons. The molecule has 0 saturated carbocycles. The number of nitrogens with zero attached hydrogens (tertiary/aromatic N) is 2.